The van der Waals surface area contributed by atoms with Crippen LogP contribution in [0.4, 0.5) is 15.8 Å². The minimum atomic E-state index is -0.772. The highest BCUT2D eigenvalue weighted by Gasteiger charge is 2.27. The molecule has 0 fully saturated rings. The number of likely N-dealkylation sites (N-methyl/N-ethyl adjacent to an activating group) is 1. The predicted molar refractivity (Wildman–Crippen MR) is 114 cm³/mol. The highest BCUT2D eigenvalue weighted by atomic mass is 19.1. The molecule has 154 valence electrons. The van der Waals surface area contributed by atoms with E-state index in [1.807, 2.05) is 6.07 Å². The van der Waals surface area contributed by atoms with Gasteiger partial charge in [0, 0.05) is 18.2 Å². The van der Waals surface area contributed by atoms with Crippen molar-refractivity contribution < 1.29 is 14.1 Å². The van der Waals surface area contributed by atoms with E-state index in [0.717, 1.165) is 5.56 Å². The average molecular weight is 407 g/mol. The summed E-state index contributed by atoms with van der Waals surface area (Å²) in [6, 6.07) is 19.3. The van der Waals surface area contributed by atoms with Crippen LogP contribution in [0.1, 0.15) is 22.7 Å². The summed E-state index contributed by atoms with van der Waals surface area (Å²) in [7, 11) is 1.72. The van der Waals surface area contributed by atoms with Gasteiger partial charge in [0.2, 0.25) is 5.91 Å². The van der Waals surface area contributed by atoms with E-state index in [0.29, 0.717) is 11.1 Å². The number of nitro groups is 1. The smallest absolute Gasteiger partial charge is 0.293 e. The Morgan fingerprint density at radius 2 is 1.77 bits per heavy atom. The molecule has 3 aromatic rings. The van der Waals surface area contributed by atoms with Crippen molar-refractivity contribution in [1.29, 1.82) is 0 Å². The number of amides is 1. The Morgan fingerprint density at radius 3 is 2.43 bits per heavy atom. The van der Waals surface area contributed by atoms with Gasteiger partial charge in [-0.1, -0.05) is 54.6 Å². The van der Waals surface area contributed by atoms with Crippen LogP contribution in [0.15, 0.2) is 72.8 Å². The first-order chi connectivity index (χ1) is 14.4. The Morgan fingerprint density at radius 1 is 1.10 bits per heavy atom. The number of benzene rings is 3. The van der Waals surface area contributed by atoms with Gasteiger partial charge < -0.3 is 5.32 Å². The number of nitrogens with one attached hydrogen (secondary N) is 1. The summed E-state index contributed by atoms with van der Waals surface area (Å²) >= 11 is 0. The molecule has 0 saturated carbocycles. The minimum Gasteiger partial charge on any atom is -0.319 e. The van der Waals surface area contributed by atoms with E-state index in [4.69, 9.17) is 0 Å². The van der Waals surface area contributed by atoms with Gasteiger partial charge in [0.15, 0.2) is 0 Å². The van der Waals surface area contributed by atoms with E-state index in [1.165, 1.54) is 18.2 Å². The fourth-order valence-electron chi connectivity index (χ4n) is 3.33. The number of nitro benzene ring substituents is 1. The number of rotatable bonds is 7. The van der Waals surface area contributed by atoms with Crippen LogP contribution in [0.2, 0.25) is 0 Å². The molecule has 0 heterocycles. The second-order valence-corrected chi connectivity index (χ2v) is 7.09. The van der Waals surface area contributed by atoms with Gasteiger partial charge in [0.1, 0.15) is 17.5 Å². The fraction of sp³-hybridized carbons (Fsp3) is 0.174. The topological polar surface area (TPSA) is 75.5 Å². The fourth-order valence-corrected chi connectivity index (χ4v) is 3.33. The Kier molecular flexibility index (Phi) is 6.54. The molecule has 0 saturated heterocycles. The lowest BCUT2D eigenvalue weighted by Gasteiger charge is -2.27. The quantitative estimate of drug-likeness (QED) is 0.449. The summed E-state index contributed by atoms with van der Waals surface area (Å²) in [5.74, 6) is -0.794. The van der Waals surface area contributed by atoms with Crippen molar-refractivity contribution in [3.63, 3.8) is 0 Å². The van der Waals surface area contributed by atoms with E-state index < -0.39 is 16.9 Å². The van der Waals surface area contributed by atoms with Crippen LogP contribution >= 0.6 is 0 Å². The van der Waals surface area contributed by atoms with Crippen molar-refractivity contribution in [2.24, 2.45) is 0 Å². The highest BCUT2D eigenvalue weighted by Crippen LogP contribution is 2.29. The molecule has 3 rings (SSSR count). The largest absolute Gasteiger partial charge is 0.319 e. The second kappa shape index (κ2) is 9.28. The van der Waals surface area contributed by atoms with Crippen molar-refractivity contribution in [2.75, 3.05) is 12.4 Å². The van der Waals surface area contributed by atoms with Gasteiger partial charge in [-0.05, 0) is 37.2 Å². The van der Waals surface area contributed by atoms with Crippen LogP contribution in [-0.4, -0.2) is 22.8 Å². The number of halogens is 1. The molecule has 1 amide bonds. The molecule has 0 aromatic heterocycles. The number of anilines is 1. The predicted octanol–water partition coefficient (Wildman–Crippen LogP) is 4.85. The summed E-state index contributed by atoms with van der Waals surface area (Å²) in [6.45, 7) is 1.93. The van der Waals surface area contributed by atoms with Gasteiger partial charge in [0.25, 0.3) is 5.69 Å². The van der Waals surface area contributed by atoms with Gasteiger partial charge in [0.05, 0.1) is 4.92 Å². The zero-order valence-corrected chi connectivity index (χ0v) is 16.7. The van der Waals surface area contributed by atoms with Crippen LogP contribution in [0, 0.1) is 22.9 Å². The monoisotopic (exact) mass is 407 g/mol. The maximum atomic E-state index is 14.1. The summed E-state index contributed by atoms with van der Waals surface area (Å²) in [5.41, 5.74) is 1.82. The summed E-state index contributed by atoms with van der Waals surface area (Å²) in [4.78, 5) is 25.8. The molecule has 0 aliphatic carbocycles. The lowest BCUT2D eigenvalue weighted by Crippen LogP contribution is -2.34. The van der Waals surface area contributed by atoms with Crippen molar-refractivity contribution in [2.45, 2.75) is 19.5 Å². The third kappa shape index (κ3) is 4.87. The van der Waals surface area contributed by atoms with Crippen LogP contribution < -0.4 is 5.32 Å². The molecule has 0 aliphatic rings. The maximum absolute atomic E-state index is 14.1. The Labute approximate surface area is 174 Å². The lowest BCUT2D eigenvalue weighted by molar-refractivity contribution is -0.384. The van der Waals surface area contributed by atoms with Gasteiger partial charge in [-0.15, -0.1) is 0 Å². The number of hydrogen-bond donors (Lipinski definition) is 1. The molecule has 6 nitrogen and oxygen atoms in total. The van der Waals surface area contributed by atoms with Crippen LogP contribution in [0.25, 0.3) is 0 Å². The molecule has 0 spiro atoms. The Hall–Kier alpha value is -3.58. The highest BCUT2D eigenvalue weighted by molar-refractivity contribution is 5.97. The first-order valence-corrected chi connectivity index (χ1v) is 9.41. The first kappa shape index (κ1) is 21.1. The molecular formula is C23H22FN3O3. The van der Waals surface area contributed by atoms with Gasteiger partial charge in [-0.3, -0.25) is 19.8 Å². The van der Waals surface area contributed by atoms with E-state index >= 15 is 0 Å². The van der Waals surface area contributed by atoms with Gasteiger partial charge in [-0.25, -0.2) is 4.39 Å². The Balaban J connectivity index is 1.92. The molecule has 7 heteroatoms. The van der Waals surface area contributed by atoms with Crippen molar-refractivity contribution in [3.05, 3.63) is 105 Å². The molecule has 0 aliphatic heterocycles. The molecule has 30 heavy (non-hydrogen) atoms. The number of hydrogen-bond acceptors (Lipinski definition) is 4. The zero-order valence-electron chi connectivity index (χ0n) is 16.7. The van der Waals surface area contributed by atoms with Crippen molar-refractivity contribution >= 4 is 17.3 Å². The third-order valence-electron chi connectivity index (χ3n) is 4.79. The second-order valence-electron chi connectivity index (χ2n) is 7.09. The van der Waals surface area contributed by atoms with E-state index in [2.05, 4.69) is 5.32 Å². The van der Waals surface area contributed by atoms with Gasteiger partial charge >= 0.3 is 0 Å². The maximum Gasteiger partial charge on any atom is 0.293 e. The van der Waals surface area contributed by atoms with Gasteiger partial charge in [-0.2, -0.15) is 0 Å². The summed E-state index contributed by atoms with van der Waals surface area (Å²) < 4.78 is 14.1. The third-order valence-corrected chi connectivity index (χ3v) is 4.79. The van der Waals surface area contributed by atoms with E-state index in [9.17, 15) is 19.3 Å². The SMILES string of the molecule is Cc1ccc(NC(=O)C(c2ccccc2)N(C)Cc2ccccc2F)c([N+](=O)[O-])c1. The standard InChI is InChI=1S/C23H22FN3O3/c1-16-12-13-20(21(14-16)27(29)30)25-23(28)22(17-8-4-3-5-9-17)26(2)15-18-10-6-7-11-19(18)24/h3-14,22H,15H2,1-2H3,(H,25,28). The molecule has 3 aromatic carbocycles. The Bertz CT molecular complexity index is 1060. The van der Waals surface area contributed by atoms with Crippen molar-refractivity contribution in [3.8, 4) is 0 Å². The lowest BCUT2D eigenvalue weighted by atomic mass is 10.0. The van der Waals surface area contributed by atoms with E-state index in [-0.39, 0.29) is 23.7 Å². The van der Waals surface area contributed by atoms with Crippen LogP contribution in [0.5, 0.6) is 0 Å². The molecule has 1 atom stereocenters. The summed E-state index contributed by atoms with van der Waals surface area (Å²) in [5, 5.41) is 14.1. The molecule has 0 radical (unpaired) electrons. The first-order valence-electron chi connectivity index (χ1n) is 9.41. The molecular weight excluding hydrogens is 385 g/mol. The summed E-state index contributed by atoms with van der Waals surface area (Å²) in [6.07, 6.45) is 0. The number of carbonyl (C=O) groups is 1. The number of nitrogens with zero attached hydrogens (tertiary/aromatic N) is 2. The molecule has 1 unspecified atom stereocenters. The average Bonchev–Trinajstić information content (AvgIpc) is 2.72. The number of carbonyl (C=O) groups excluding carboxylic acids is 1. The normalized spacial score (nSPS) is 11.9. The van der Waals surface area contributed by atoms with Crippen LogP contribution in [0.3, 0.4) is 0 Å². The number of aryl methyl sites for hydroxylation is 1. The van der Waals surface area contributed by atoms with Crippen molar-refractivity contribution in [1.82, 2.24) is 4.90 Å². The van der Waals surface area contributed by atoms with E-state index in [1.54, 1.807) is 67.4 Å². The molecule has 1 N–H and O–H groups in total. The van der Waals surface area contributed by atoms with Crippen LogP contribution in [-0.2, 0) is 11.3 Å². The molecule has 0 bridgehead atoms. The minimum absolute atomic E-state index is 0.121. The zero-order chi connectivity index (χ0) is 21.7.